The Balaban J connectivity index is 2.04. The lowest BCUT2D eigenvalue weighted by atomic mass is 10.1. The number of fused-ring (bicyclic) bond motifs is 1. The van der Waals surface area contributed by atoms with Gasteiger partial charge in [0.15, 0.2) is 0 Å². The number of amides is 1. The van der Waals surface area contributed by atoms with Crippen LogP contribution in [0.15, 0.2) is 39.6 Å². The van der Waals surface area contributed by atoms with E-state index in [-0.39, 0.29) is 22.4 Å². The molecule has 3 heterocycles. The number of para-hydroxylation sites is 1. The van der Waals surface area contributed by atoms with Crippen molar-refractivity contribution < 1.29 is 9.21 Å². The number of carbonyl (C=O) groups excluding carboxylic acids is 1. The lowest BCUT2D eigenvalue weighted by molar-refractivity contribution is -0.119. The van der Waals surface area contributed by atoms with Crippen molar-refractivity contribution in [3.8, 4) is 0 Å². The maximum Gasteiger partial charge on any atom is 0.298 e. The number of nitrogens with zero attached hydrogens (tertiary/aromatic N) is 3. The first-order valence-electron chi connectivity index (χ1n) is 9.00. The summed E-state index contributed by atoms with van der Waals surface area (Å²) in [5.74, 6) is -0.251. The smallest absolute Gasteiger partial charge is 0.298 e. The average molecular weight is 414 g/mol. The molecular weight excluding hydrogens is 394 g/mol. The number of hydrogen-bond donors (Lipinski definition) is 0. The summed E-state index contributed by atoms with van der Waals surface area (Å²) in [5.41, 5.74) is 3.02. The Labute approximate surface area is 171 Å². The van der Waals surface area contributed by atoms with Crippen molar-refractivity contribution in [1.29, 1.82) is 0 Å². The third kappa shape index (κ3) is 2.75. The topological polar surface area (TPSA) is 58.7 Å². The predicted molar refractivity (Wildman–Crippen MR) is 116 cm³/mol. The Morgan fingerprint density at radius 2 is 1.86 bits per heavy atom. The van der Waals surface area contributed by atoms with Gasteiger partial charge in [0.1, 0.15) is 9.23 Å². The summed E-state index contributed by atoms with van der Waals surface area (Å²) in [6.07, 6.45) is 3.86. The van der Waals surface area contributed by atoms with Gasteiger partial charge in [-0.1, -0.05) is 36.5 Å². The Morgan fingerprint density at radius 3 is 2.50 bits per heavy atom. The Bertz CT molecular complexity index is 1210. The van der Waals surface area contributed by atoms with E-state index in [1.54, 1.807) is 7.05 Å². The molecule has 0 aliphatic carbocycles. The number of thiocarbonyl (C=S) groups is 1. The highest BCUT2D eigenvalue weighted by atomic mass is 32.2. The Morgan fingerprint density at radius 1 is 1.11 bits per heavy atom. The summed E-state index contributed by atoms with van der Waals surface area (Å²) in [4.78, 5) is 29.5. The summed E-state index contributed by atoms with van der Waals surface area (Å²) < 4.78 is 7.97. The number of benzene rings is 1. The second-order valence-electron chi connectivity index (χ2n) is 6.37. The average Bonchev–Trinajstić information content (AvgIpc) is 3.17. The number of hydrogen-bond acceptors (Lipinski definition) is 6. The minimum atomic E-state index is -0.253. The van der Waals surface area contributed by atoms with Gasteiger partial charge in [-0.25, -0.2) is 0 Å². The van der Waals surface area contributed by atoms with Gasteiger partial charge in [-0.15, -0.1) is 0 Å². The van der Waals surface area contributed by atoms with Crippen LogP contribution in [0.1, 0.15) is 19.4 Å². The maximum atomic E-state index is 13.1. The molecule has 2 aliphatic rings. The van der Waals surface area contributed by atoms with E-state index in [2.05, 4.69) is 0 Å². The summed E-state index contributed by atoms with van der Waals surface area (Å²) in [7, 11) is 1.62. The maximum absolute atomic E-state index is 13.1. The first-order chi connectivity index (χ1) is 13.5. The van der Waals surface area contributed by atoms with Crippen LogP contribution in [0.5, 0.6) is 0 Å². The highest BCUT2D eigenvalue weighted by Crippen LogP contribution is 2.31. The van der Waals surface area contributed by atoms with Gasteiger partial charge in [0, 0.05) is 25.8 Å². The van der Waals surface area contributed by atoms with Crippen LogP contribution in [0.2, 0.25) is 0 Å². The largest absolute Gasteiger partial charge is 0.431 e. The molecule has 8 heteroatoms. The van der Waals surface area contributed by atoms with Gasteiger partial charge in [0.25, 0.3) is 11.5 Å². The summed E-state index contributed by atoms with van der Waals surface area (Å²) in [6, 6.07) is 8.00. The van der Waals surface area contributed by atoms with Crippen molar-refractivity contribution in [3.05, 3.63) is 57.2 Å². The molecule has 6 nitrogen and oxygen atoms in total. The van der Waals surface area contributed by atoms with Crippen molar-refractivity contribution >= 4 is 56.6 Å². The van der Waals surface area contributed by atoms with E-state index < -0.39 is 0 Å². The van der Waals surface area contributed by atoms with Crippen LogP contribution in [0.25, 0.3) is 16.7 Å². The molecule has 0 unspecified atom stereocenters. The van der Waals surface area contributed by atoms with Crippen molar-refractivity contribution in [2.24, 2.45) is 0 Å². The first-order valence-corrected chi connectivity index (χ1v) is 10.2. The standard InChI is InChI=1S/C20H19N3O3S2/c1-4-22-13-9-7-6-8-12(13)10-11-14(22)15-17(24)23(5-2)19(26-15)16-18(25)21(3)20(27)28-16/h6-11H,4-5H2,1-3H3/b15-14?,19-16+. The zero-order chi connectivity index (χ0) is 20.0. The zero-order valence-electron chi connectivity index (χ0n) is 15.8. The molecule has 0 N–H and O–H groups in total. The molecule has 0 spiro atoms. The van der Waals surface area contributed by atoms with Gasteiger partial charge in [-0.2, -0.15) is 0 Å². The summed E-state index contributed by atoms with van der Waals surface area (Å²) in [6.45, 7) is 4.95. The fourth-order valence-electron chi connectivity index (χ4n) is 3.40. The third-order valence-electron chi connectivity index (χ3n) is 4.84. The summed E-state index contributed by atoms with van der Waals surface area (Å²) in [5, 5.41) is 0. The van der Waals surface area contributed by atoms with E-state index in [0.717, 1.165) is 23.0 Å². The van der Waals surface area contributed by atoms with Crippen molar-refractivity contribution in [2.45, 2.75) is 20.4 Å². The minimum Gasteiger partial charge on any atom is -0.431 e. The van der Waals surface area contributed by atoms with E-state index in [1.807, 2.05) is 55.2 Å². The molecular formula is C20H19N3O3S2. The quantitative estimate of drug-likeness (QED) is 0.699. The van der Waals surface area contributed by atoms with Crippen LogP contribution >= 0.6 is 24.0 Å². The third-order valence-corrected chi connectivity index (χ3v) is 6.37. The van der Waals surface area contributed by atoms with Gasteiger partial charge >= 0.3 is 0 Å². The predicted octanol–water partition coefficient (Wildman–Crippen LogP) is 1.72. The second kappa shape index (κ2) is 7.10. The molecule has 0 radical (unpaired) electrons. The van der Waals surface area contributed by atoms with Crippen LogP contribution in [-0.4, -0.2) is 33.3 Å². The lowest BCUT2D eigenvalue weighted by Crippen LogP contribution is -2.36. The van der Waals surface area contributed by atoms with E-state index in [1.165, 1.54) is 9.47 Å². The molecule has 4 rings (SSSR count). The van der Waals surface area contributed by atoms with Crippen LogP contribution in [0, 0.1) is 0 Å². The number of likely N-dealkylation sites (N-methyl/N-ethyl adjacent to an activating group) is 1. The normalized spacial score (nSPS) is 20.2. The highest BCUT2D eigenvalue weighted by molar-refractivity contribution is 8.30. The number of anilines is 1. The Hall–Kier alpha value is -2.58. The molecule has 2 aromatic rings. The van der Waals surface area contributed by atoms with Crippen LogP contribution in [-0.2, 0) is 11.3 Å². The number of carbonyl (C=O) groups is 1. The zero-order valence-corrected chi connectivity index (χ0v) is 17.4. The molecule has 2 aliphatic heterocycles. The number of aromatic nitrogens is 1. The van der Waals surface area contributed by atoms with E-state index in [4.69, 9.17) is 16.6 Å². The number of thioether (sulfide) groups is 1. The molecule has 28 heavy (non-hydrogen) atoms. The molecule has 1 saturated heterocycles. The second-order valence-corrected chi connectivity index (χ2v) is 8.01. The minimum absolute atomic E-state index is 0.228. The van der Waals surface area contributed by atoms with Gasteiger partial charge in [0.05, 0.1) is 5.70 Å². The van der Waals surface area contributed by atoms with E-state index in [9.17, 15) is 9.59 Å². The number of oxazole rings is 1. The van der Waals surface area contributed by atoms with Crippen LogP contribution < -0.4 is 21.4 Å². The van der Waals surface area contributed by atoms with Gasteiger partial charge in [-0.05, 0) is 43.3 Å². The van der Waals surface area contributed by atoms with E-state index in [0.29, 0.717) is 28.0 Å². The van der Waals surface area contributed by atoms with Crippen LogP contribution in [0.4, 0.5) is 5.69 Å². The fraction of sp³-hybridized carbons (Fsp3) is 0.250. The summed E-state index contributed by atoms with van der Waals surface area (Å²) >= 11 is 6.37. The molecule has 1 aromatic heterocycles. The van der Waals surface area contributed by atoms with Crippen LogP contribution in [0.3, 0.4) is 0 Å². The number of rotatable bonds is 2. The molecule has 0 atom stereocenters. The highest BCUT2D eigenvalue weighted by Gasteiger charge is 2.32. The molecule has 144 valence electrons. The molecule has 0 saturated carbocycles. The lowest BCUT2D eigenvalue weighted by Gasteiger charge is -2.28. The van der Waals surface area contributed by atoms with Gasteiger partial charge in [-0.3, -0.25) is 19.1 Å². The molecule has 1 amide bonds. The first kappa shape index (κ1) is 18.8. The Kier molecular flexibility index (Phi) is 4.76. The van der Waals surface area contributed by atoms with Crippen molar-refractivity contribution in [3.63, 3.8) is 0 Å². The van der Waals surface area contributed by atoms with Crippen molar-refractivity contribution in [2.75, 3.05) is 18.5 Å². The SMILES string of the molecule is CCN1C(=c2o/c(=C3/SC(=S)N(C)C3=O)n(CC)c2=O)C=Cc2ccccc21. The van der Waals surface area contributed by atoms with Gasteiger partial charge in [0.2, 0.25) is 11.0 Å². The molecule has 1 aromatic carbocycles. The van der Waals surface area contributed by atoms with E-state index >= 15 is 0 Å². The van der Waals surface area contributed by atoms with Gasteiger partial charge < -0.3 is 9.32 Å². The molecule has 0 bridgehead atoms. The fourth-order valence-corrected chi connectivity index (χ4v) is 4.59. The molecule has 1 fully saturated rings. The monoisotopic (exact) mass is 413 g/mol. The van der Waals surface area contributed by atoms with Crippen molar-refractivity contribution in [1.82, 2.24) is 9.47 Å².